The van der Waals surface area contributed by atoms with Crippen LogP contribution in [0.5, 0.6) is 0 Å². The quantitative estimate of drug-likeness (QED) is 0.257. The third-order valence-corrected chi connectivity index (χ3v) is 9.19. The SMILES string of the molecule is Cc1cccc(N=C2n3c(=O)n(-c4ccccc4)c(=O)n3-c3cc(Cl)ccc3C2(c2ccc(Cl)cc2)n2[nH]c(=O)n(-c3ccccc3)c2=O)c1. The van der Waals surface area contributed by atoms with Crippen LogP contribution in [0.3, 0.4) is 0 Å². The number of hydrogen-bond acceptors (Lipinski definition) is 5. The van der Waals surface area contributed by atoms with Crippen molar-refractivity contribution in [2.45, 2.75) is 12.5 Å². The van der Waals surface area contributed by atoms with Crippen molar-refractivity contribution >= 4 is 34.7 Å². The summed E-state index contributed by atoms with van der Waals surface area (Å²) >= 11 is 13.0. The number of nitrogens with zero attached hydrogens (tertiary/aromatic N) is 6. The second-order valence-electron chi connectivity index (χ2n) is 11.7. The average molecular weight is 703 g/mol. The minimum atomic E-state index is -1.89. The number of hydrogen-bond donors (Lipinski definition) is 1. The Hall–Kier alpha value is -6.17. The number of aromatic nitrogens is 6. The first-order valence-corrected chi connectivity index (χ1v) is 16.2. The monoisotopic (exact) mass is 701 g/mol. The van der Waals surface area contributed by atoms with Crippen molar-refractivity contribution in [1.82, 2.24) is 28.3 Å². The van der Waals surface area contributed by atoms with E-state index in [1.165, 1.54) is 10.7 Å². The van der Waals surface area contributed by atoms with Gasteiger partial charge in [0, 0.05) is 15.6 Å². The summed E-state index contributed by atoms with van der Waals surface area (Å²) in [7, 11) is 0. The van der Waals surface area contributed by atoms with Crippen LogP contribution in [-0.4, -0.2) is 34.1 Å². The highest BCUT2D eigenvalue weighted by molar-refractivity contribution is 6.31. The summed E-state index contributed by atoms with van der Waals surface area (Å²) in [6.07, 6.45) is 0. The predicted molar refractivity (Wildman–Crippen MR) is 193 cm³/mol. The molecule has 0 amide bonds. The van der Waals surface area contributed by atoms with Gasteiger partial charge in [0.05, 0.1) is 22.7 Å². The first-order chi connectivity index (χ1) is 24.2. The molecule has 0 radical (unpaired) electrons. The molecule has 0 aliphatic carbocycles. The number of fused-ring (bicyclic) bond motifs is 3. The fraction of sp³-hybridized carbons (Fsp3) is 0.0541. The lowest BCUT2D eigenvalue weighted by Gasteiger charge is -2.40. The normalized spacial score (nSPS) is 15.9. The highest BCUT2D eigenvalue weighted by Gasteiger charge is 2.52. The molecule has 1 N–H and O–H groups in total. The topological polar surface area (TPSA) is 121 Å². The first-order valence-electron chi connectivity index (χ1n) is 15.5. The zero-order valence-corrected chi connectivity index (χ0v) is 27.7. The minimum absolute atomic E-state index is 0.0689. The minimum Gasteiger partial charge on any atom is -0.246 e. The van der Waals surface area contributed by atoms with E-state index in [2.05, 4.69) is 5.10 Å². The third-order valence-electron chi connectivity index (χ3n) is 8.70. The van der Waals surface area contributed by atoms with E-state index in [9.17, 15) is 19.2 Å². The van der Waals surface area contributed by atoms with Crippen molar-refractivity contribution < 1.29 is 0 Å². The number of aryl methyl sites for hydroxylation is 1. The number of halogens is 2. The summed E-state index contributed by atoms with van der Waals surface area (Å²) in [6, 6.07) is 35.6. The molecule has 7 aromatic rings. The molecule has 3 heterocycles. The number of rotatable bonds is 5. The third kappa shape index (κ3) is 4.62. The summed E-state index contributed by atoms with van der Waals surface area (Å²) in [5, 5.41) is 3.44. The van der Waals surface area contributed by atoms with E-state index >= 15 is 0 Å². The molecular weight excluding hydrogens is 677 g/mol. The van der Waals surface area contributed by atoms with Crippen LogP contribution >= 0.6 is 23.2 Å². The molecule has 246 valence electrons. The van der Waals surface area contributed by atoms with Crippen LogP contribution in [0, 0.1) is 6.92 Å². The van der Waals surface area contributed by atoms with E-state index < -0.39 is 28.3 Å². The van der Waals surface area contributed by atoms with Crippen LogP contribution in [0.25, 0.3) is 17.1 Å². The van der Waals surface area contributed by atoms with Crippen molar-refractivity contribution in [3.63, 3.8) is 0 Å². The first kappa shape index (κ1) is 31.1. The van der Waals surface area contributed by atoms with E-state index in [1.54, 1.807) is 115 Å². The Bertz CT molecular complexity index is 2720. The number of benzene rings is 5. The van der Waals surface area contributed by atoms with Gasteiger partial charge in [-0.15, -0.1) is 0 Å². The number of para-hydroxylation sites is 2. The molecule has 0 saturated carbocycles. The smallest absolute Gasteiger partial charge is 0.246 e. The molecule has 8 rings (SSSR count). The Kier molecular flexibility index (Phi) is 7.32. The predicted octanol–water partition coefficient (Wildman–Crippen LogP) is 5.43. The summed E-state index contributed by atoms with van der Waals surface area (Å²) in [6.45, 7) is 1.89. The summed E-state index contributed by atoms with van der Waals surface area (Å²) in [4.78, 5) is 62.9. The van der Waals surface area contributed by atoms with Crippen LogP contribution < -0.4 is 22.8 Å². The maximum Gasteiger partial charge on any atom is 0.358 e. The molecule has 50 heavy (non-hydrogen) atoms. The van der Waals surface area contributed by atoms with Gasteiger partial charge in [0.1, 0.15) is 0 Å². The number of nitrogens with one attached hydrogen (secondary N) is 1. The van der Waals surface area contributed by atoms with E-state index in [0.717, 1.165) is 24.1 Å². The van der Waals surface area contributed by atoms with Crippen LogP contribution in [0.4, 0.5) is 5.69 Å². The molecule has 1 unspecified atom stereocenters. The van der Waals surface area contributed by atoms with Gasteiger partial charge in [-0.2, -0.15) is 9.36 Å². The van der Waals surface area contributed by atoms with Gasteiger partial charge in [-0.1, -0.05) is 89.9 Å². The summed E-state index contributed by atoms with van der Waals surface area (Å²) in [5.74, 6) is -0.0689. The average Bonchev–Trinajstić information content (AvgIpc) is 3.56. The van der Waals surface area contributed by atoms with E-state index in [1.807, 2.05) is 13.0 Å². The fourth-order valence-electron chi connectivity index (χ4n) is 6.58. The van der Waals surface area contributed by atoms with Crippen molar-refractivity contribution in [3.8, 4) is 17.1 Å². The maximum atomic E-state index is 14.8. The highest BCUT2D eigenvalue weighted by atomic mass is 35.5. The van der Waals surface area contributed by atoms with Crippen molar-refractivity contribution in [2.24, 2.45) is 4.99 Å². The Labute approximate surface area is 292 Å². The summed E-state index contributed by atoms with van der Waals surface area (Å²) in [5.41, 5.74) is -2.01. The Morgan fingerprint density at radius 2 is 1.24 bits per heavy atom. The second kappa shape index (κ2) is 11.8. The molecule has 5 aromatic carbocycles. The van der Waals surface area contributed by atoms with Crippen molar-refractivity contribution in [2.75, 3.05) is 0 Å². The van der Waals surface area contributed by atoms with Crippen LogP contribution in [-0.2, 0) is 5.54 Å². The van der Waals surface area contributed by atoms with E-state index in [4.69, 9.17) is 28.2 Å². The largest absolute Gasteiger partial charge is 0.358 e. The van der Waals surface area contributed by atoms with E-state index in [-0.39, 0.29) is 16.5 Å². The zero-order chi connectivity index (χ0) is 34.7. The highest BCUT2D eigenvalue weighted by Crippen LogP contribution is 2.42. The lowest BCUT2D eigenvalue weighted by molar-refractivity contribution is 0.447. The van der Waals surface area contributed by atoms with Gasteiger partial charge in [0.2, 0.25) is 0 Å². The van der Waals surface area contributed by atoms with Crippen LogP contribution in [0.15, 0.2) is 152 Å². The number of H-pyrrole nitrogens is 1. The lowest BCUT2D eigenvalue weighted by atomic mass is 9.79. The molecule has 1 atom stereocenters. The molecule has 13 heteroatoms. The van der Waals surface area contributed by atoms with Gasteiger partial charge in [0.25, 0.3) is 0 Å². The molecule has 1 aliphatic heterocycles. The van der Waals surface area contributed by atoms with Crippen molar-refractivity contribution in [3.05, 3.63) is 196 Å². The Balaban J connectivity index is 1.62. The molecule has 0 bridgehead atoms. The number of aromatic amines is 1. The molecule has 0 spiro atoms. The van der Waals surface area contributed by atoms with Crippen molar-refractivity contribution in [1.29, 1.82) is 0 Å². The van der Waals surface area contributed by atoms with Gasteiger partial charge in [-0.3, -0.25) is 0 Å². The van der Waals surface area contributed by atoms with Crippen LogP contribution in [0.1, 0.15) is 16.7 Å². The van der Waals surface area contributed by atoms with Crippen LogP contribution in [0.2, 0.25) is 10.0 Å². The van der Waals surface area contributed by atoms with Gasteiger partial charge in [0.15, 0.2) is 11.4 Å². The zero-order valence-electron chi connectivity index (χ0n) is 26.2. The van der Waals surface area contributed by atoms with E-state index in [0.29, 0.717) is 33.2 Å². The maximum absolute atomic E-state index is 14.8. The fourth-order valence-corrected chi connectivity index (χ4v) is 6.87. The van der Waals surface area contributed by atoms with Gasteiger partial charge < -0.3 is 0 Å². The standard InChI is InChI=1S/C37H25Cl2N7O4/c1-23-9-8-10-27(21-23)40-32-37(24-15-17-25(38)18-16-24,46-36(50)42(33(47)41-46)28-11-4-2-5-12-28)30-20-19-26(39)22-31(30)44-34(48)43(35(49)45(32)44)29-13-6-3-7-14-29/h2-22H,1H3,(H,41,47). The molecule has 0 fully saturated rings. The summed E-state index contributed by atoms with van der Waals surface area (Å²) < 4.78 is 5.49. The molecular formula is C37H25Cl2N7O4. The molecule has 2 aromatic heterocycles. The molecule has 0 saturated heterocycles. The van der Waals surface area contributed by atoms with Gasteiger partial charge in [-0.25, -0.2) is 43.1 Å². The van der Waals surface area contributed by atoms with Gasteiger partial charge >= 0.3 is 22.8 Å². The molecule has 1 aliphatic rings. The second-order valence-corrected chi connectivity index (χ2v) is 12.6. The number of aliphatic imine (C=N–C) groups is 1. The van der Waals surface area contributed by atoms with Gasteiger partial charge in [-0.05, 0) is 78.7 Å². The lowest BCUT2D eigenvalue weighted by Crippen LogP contribution is -2.58. The Morgan fingerprint density at radius 1 is 0.620 bits per heavy atom. The Morgan fingerprint density at radius 3 is 1.90 bits per heavy atom. The molecule has 11 nitrogen and oxygen atoms in total.